The van der Waals surface area contributed by atoms with Gasteiger partial charge in [-0.3, -0.25) is 9.59 Å². The predicted octanol–water partition coefficient (Wildman–Crippen LogP) is 4.68. The molecule has 1 aromatic heterocycles. The molecule has 2 atom stereocenters. The van der Waals surface area contributed by atoms with Crippen LogP contribution in [-0.2, 0) is 16.0 Å². The molecule has 0 N–H and O–H groups in total. The normalized spacial score (nSPS) is 16.5. The summed E-state index contributed by atoms with van der Waals surface area (Å²) in [5.74, 6) is -0.0229. The first-order valence-electron chi connectivity index (χ1n) is 10.9. The monoisotopic (exact) mass is 446 g/mol. The van der Waals surface area contributed by atoms with Crippen LogP contribution in [0, 0.1) is 11.7 Å². The van der Waals surface area contributed by atoms with Crippen LogP contribution in [0.3, 0.4) is 0 Å². The van der Waals surface area contributed by atoms with Crippen molar-refractivity contribution in [3.8, 4) is 5.75 Å². The molecule has 1 aliphatic heterocycles. The Kier molecular flexibility index (Phi) is 8.07. The highest BCUT2D eigenvalue weighted by Gasteiger charge is 2.33. The molecule has 168 valence electrons. The number of hydrogen-bond donors (Lipinski definition) is 0. The summed E-state index contributed by atoms with van der Waals surface area (Å²) < 4.78 is 19.8. The molecule has 31 heavy (non-hydrogen) atoms. The number of carbonyl (C=O) groups excluding carboxylic acids is 2. The van der Waals surface area contributed by atoms with E-state index >= 15 is 0 Å². The Morgan fingerprint density at radius 3 is 2.77 bits per heavy atom. The van der Waals surface area contributed by atoms with E-state index in [9.17, 15) is 14.0 Å². The van der Waals surface area contributed by atoms with Crippen LogP contribution in [0.4, 0.5) is 4.39 Å². The molecule has 2 unspecified atom stereocenters. The van der Waals surface area contributed by atoms with Gasteiger partial charge in [0.15, 0.2) is 11.6 Å². The Morgan fingerprint density at radius 1 is 1.29 bits per heavy atom. The van der Waals surface area contributed by atoms with E-state index in [-0.39, 0.29) is 36.8 Å². The molecule has 2 amide bonds. The zero-order valence-electron chi connectivity index (χ0n) is 18.5. The van der Waals surface area contributed by atoms with Gasteiger partial charge in [-0.2, -0.15) is 0 Å². The van der Waals surface area contributed by atoms with Gasteiger partial charge in [-0.05, 0) is 41.5 Å². The SMILES string of the molecule is CCC(=O)N(CC(=O)N1CCc2sccc2C1COc1ccccc1F)CC(C)CC. The van der Waals surface area contributed by atoms with E-state index in [0.717, 1.165) is 18.4 Å². The quantitative estimate of drug-likeness (QED) is 0.562. The largest absolute Gasteiger partial charge is 0.488 e. The van der Waals surface area contributed by atoms with Crippen molar-refractivity contribution in [2.24, 2.45) is 5.92 Å². The van der Waals surface area contributed by atoms with Crippen LogP contribution in [0.25, 0.3) is 0 Å². The number of halogens is 1. The Balaban J connectivity index is 1.77. The molecule has 2 aromatic rings. The molecule has 1 aliphatic rings. The van der Waals surface area contributed by atoms with Crippen molar-refractivity contribution in [2.45, 2.75) is 46.1 Å². The van der Waals surface area contributed by atoms with Gasteiger partial charge in [-0.1, -0.05) is 39.3 Å². The van der Waals surface area contributed by atoms with Crippen molar-refractivity contribution in [1.82, 2.24) is 9.80 Å². The molecule has 2 heterocycles. The van der Waals surface area contributed by atoms with Crippen LogP contribution in [0.2, 0.25) is 0 Å². The van der Waals surface area contributed by atoms with E-state index in [1.807, 2.05) is 18.4 Å². The lowest BCUT2D eigenvalue weighted by Crippen LogP contribution is -2.48. The maximum Gasteiger partial charge on any atom is 0.242 e. The molecule has 0 saturated heterocycles. The van der Waals surface area contributed by atoms with E-state index in [0.29, 0.717) is 25.4 Å². The van der Waals surface area contributed by atoms with Crippen molar-refractivity contribution < 1.29 is 18.7 Å². The van der Waals surface area contributed by atoms with Crippen molar-refractivity contribution in [2.75, 3.05) is 26.2 Å². The smallest absolute Gasteiger partial charge is 0.242 e. The van der Waals surface area contributed by atoms with Crippen molar-refractivity contribution in [3.05, 3.63) is 52.0 Å². The van der Waals surface area contributed by atoms with E-state index in [2.05, 4.69) is 13.8 Å². The van der Waals surface area contributed by atoms with Gasteiger partial charge >= 0.3 is 0 Å². The lowest BCUT2D eigenvalue weighted by Gasteiger charge is -2.37. The summed E-state index contributed by atoms with van der Waals surface area (Å²) in [7, 11) is 0. The third kappa shape index (κ3) is 5.64. The summed E-state index contributed by atoms with van der Waals surface area (Å²) in [4.78, 5) is 30.5. The number of carbonyl (C=O) groups is 2. The van der Waals surface area contributed by atoms with Crippen molar-refractivity contribution >= 4 is 23.2 Å². The average Bonchev–Trinajstić information content (AvgIpc) is 3.26. The summed E-state index contributed by atoms with van der Waals surface area (Å²) in [6, 6.07) is 8.01. The zero-order valence-corrected chi connectivity index (χ0v) is 19.3. The third-order valence-electron chi connectivity index (χ3n) is 5.86. The summed E-state index contributed by atoms with van der Waals surface area (Å²) in [6.07, 6.45) is 2.10. The van der Waals surface area contributed by atoms with Crippen LogP contribution in [0.5, 0.6) is 5.75 Å². The standard InChI is InChI=1S/C24H31FN2O3S/c1-4-17(3)14-26(23(28)5-2)15-24(29)27-12-10-22-18(11-13-31-22)20(27)16-30-21-9-7-6-8-19(21)25/h6-9,11,13,17,20H,4-5,10,12,14-16H2,1-3H3. The second kappa shape index (κ2) is 10.8. The van der Waals surface area contributed by atoms with Gasteiger partial charge < -0.3 is 14.5 Å². The topological polar surface area (TPSA) is 49.9 Å². The lowest BCUT2D eigenvalue weighted by molar-refractivity contribution is -0.143. The van der Waals surface area contributed by atoms with Crippen LogP contribution in [-0.4, -0.2) is 47.9 Å². The number of ether oxygens (including phenoxy) is 1. The van der Waals surface area contributed by atoms with E-state index < -0.39 is 5.82 Å². The molecular weight excluding hydrogens is 415 g/mol. The first kappa shape index (κ1) is 23.3. The van der Waals surface area contributed by atoms with Gasteiger partial charge in [0.25, 0.3) is 0 Å². The van der Waals surface area contributed by atoms with Gasteiger partial charge in [0, 0.05) is 24.4 Å². The number of benzene rings is 1. The fraction of sp³-hybridized carbons (Fsp3) is 0.500. The fourth-order valence-electron chi connectivity index (χ4n) is 3.84. The molecule has 0 spiro atoms. The average molecular weight is 447 g/mol. The van der Waals surface area contributed by atoms with E-state index in [4.69, 9.17) is 4.74 Å². The minimum Gasteiger partial charge on any atom is -0.488 e. The maximum atomic E-state index is 14.0. The second-order valence-corrected chi connectivity index (χ2v) is 9.04. The summed E-state index contributed by atoms with van der Waals surface area (Å²) in [5.41, 5.74) is 1.05. The minimum absolute atomic E-state index is 0.0129. The van der Waals surface area contributed by atoms with Gasteiger partial charge in [-0.15, -0.1) is 11.3 Å². The lowest BCUT2D eigenvalue weighted by atomic mass is 10.00. The number of rotatable bonds is 9. The molecule has 7 heteroatoms. The van der Waals surface area contributed by atoms with Crippen LogP contribution >= 0.6 is 11.3 Å². The number of nitrogens with zero attached hydrogens (tertiary/aromatic N) is 2. The summed E-state index contributed by atoms with van der Waals surface area (Å²) in [6.45, 7) is 7.36. The first-order chi connectivity index (χ1) is 14.9. The summed E-state index contributed by atoms with van der Waals surface area (Å²) in [5, 5.41) is 2.02. The molecule has 0 radical (unpaired) electrons. The number of para-hydroxylation sites is 1. The second-order valence-electron chi connectivity index (χ2n) is 8.03. The Hall–Kier alpha value is -2.41. The Labute approximate surface area is 187 Å². The van der Waals surface area contributed by atoms with Gasteiger partial charge in [0.1, 0.15) is 6.61 Å². The van der Waals surface area contributed by atoms with Crippen LogP contribution in [0.15, 0.2) is 35.7 Å². The maximum absolute atomic E-state index is 14.0. The molecule has 0 aliphatic carbocycles. The van der Waals surface area contributed by atoms with E-state index in [1.54, 1.807) is 39.3 Å². The molecule has 0 saturated carbocycles. The highest BCUT2D eigenvalue weighted by molar-refractivity contribution is 7.10. The van der Waals surface area contributed by atoms with Gasteiger partial charge in [0.2, 0.25) is 11.8 Å². The highest BCUT2D eigenvalue weighted by Crippen LogP contribution is 2.34. The Bertz CT molecular complexity index is 900. The van der Waals surface area contributed by atoms with Crippen LogP contribution in [0.1, 0.15) is 50.1 Å². The molecule has 1 aromatic carbocycles. The highest BCUT2D eigenvalue weighted by atomic mass is 32.1. The molecule has 3 rings (SSSR count). The van der Waals surface area contributed by atoms with Crippen LogP contribution < -0.4 is 4.74 Å². The molecule has 5 nitrogen and oxygen atoms in total. The number of fused-ring (bicyclic) bond motifs is 1. The minimum atomic E-state index is -0.421. The fourth-order valence-corrected chi connectivity index (χ4v) is 4.77. The first-order valence-corrected chi connectivity index (χ1v) is 11.8. The number of amides is 2. The number of hydrogen-bond acceptors (Lipinski definition) is 4. The number of thiophene rings is 1. The third-order valence-corrected chi connectivity index (χ3v) is 6.86. The summed E-state index contributed by atoms with van der Waals surface area (Å²) >= 11 is 1.67. The van der Waals surface area contributed by atoms with Crippen molar-refractivity contribution in [1.29, 1.82) is 0 Å². The van der Waals surface area contributed by atoms with Gasteiger partial charge in [0.05, 0.1) is 12.6 Å². The van der Waals surface area contributed by atoms with Gasteiger partial charge in [-0.25, -0.2) is 4.39 Å². The van der Waals surface area contributed by atoms with Crippen molar-refractivity contribution in [3.63, 3.8) is 0 Å². The molecule has 0 bridgehead atoms. The molecular formula is C24H31FN2O3S. The Morgan fingerprint density at radius 2 is 2.06 bits per heavy atom. The molecule has 0 fully saturated rings. The predicted molar refractivity (Wildman–Crippen MR) is 121 cm³/mol. The zero-order chi connectivity index (χ0) is 22.4. The van der Waals surface area contributed by atoms with E-state index in [1.165, 1.54) is 10.9 Å².